The molecule has 1 heterocycles. The monoisotopic (exact) mass is 291 g/mol. The summed E-state index contributed by atoms with van der Waals surface area (Å²) in [4.78, 5) is 13.8. The third kappa shape index (κ3) is 4.19. The van der Waals surface area contributed by atoms with Gasteiger partial charge in [0.1, 0.15) is 0 Å². The highest BCUT2D eigenvalue weighted by molar-refractivity contribution is 5.89. The van der Waals surface area contributed by atoms with Gasteiger partial charge in [-0.15, -0.1) is 0 Å². The lowest BCUT2D eigenvalue weighted by atomic mass is 10.1. The van der Waals surface area contributed by atoms with Gasteiger partial charge in [-0.3, -0.25) is 20.9 Å². The smallest absolute Gasteiger partial charge is 0.341 e. The van der Waals surface area contributed by atoms with Crippen molar-refractivity contribution in [2.45, 2.75) is 13.0 Å². The zero-order valence-electron chi connectivity index (χ0n) is 12.4. The second-order valence-corrected chi connectivity index (χ2v) is 5.23. The van der Waals surface area contributed by atoms with Crippen LogP contribution in [0.3, 0.4) is 0 Å². The number of ether oxygens (including phenoxy) is 1. The van der Waals surface area contributed by atoms with Gasteiger partial charge in [0.15, 0.2) is 0 Å². The Morgan fingerprint density at radius 2 is 1.95 bits per heavy atom. The third-order valence-electron chi connectivity index (χ3n) is 3.73. The van der Waals surface area contributed by atoms with Crippen LogP contribution in [0.2, 0.25) is 0 Å². The van der Waals surface area contributed by atoms with Crippen molar-refractivity contribution in [1.29, 1.82) is 0 Å². The van der Waals surface area contributed by atoms with Gasteiger partial charge in [0, 0.05) is 19.6 Å². The SMILES string of the molecule is COC(=O)c1ccc(CN2CCC[N+](=C(N)N)CC2)cc1. The Kier molecular flexibility index (Phi) is 5.16. The fourth-order valence-electron chi connectivity index (χ4n) is 2.51. The molecular weight excluding hydrogens is 268 g/mol. The van der Waals surface area contributed by atoms with E-state index in [1.165, 1.54) is 12.7 Å². The Bertz CT molecular complexity index is 521. The summed E-state index contributed by atoms with van der Waals surface area (Å²) >= 11 is 0. The van der Waals surface area contributed by atoms with Crippen molar-refractivity contribution < 1.29 is 14.1 Å². The Hall–Kier alpha value is -2.08. The number of guanidine groups is 1. The highest BCUT2D eigenvalue weighted by Gasteiger charge is 2.15. The molecule has 1 aromatic rings. The van der Waals surface area contributed by atoms with Gasteiger partial charge in [0.25, 0.3) is 0 Å². The van der Waals surface area contributed by atoms with E-state index in [9.17, 15) is 4.79 Å². The van der Waals surface area contributed by atoms with Gasteiger partial charge in [-0.2, -0.15) is 0 Å². The van der Waals surface area contributed by atoms with Crippen LogP contribution in [0, 0.1) is 0 Å². The Morgan fingerprint density at radius 1 is 1.24 bits per heavy atom. The zero-order valence-corrected chi connectivity index (χ0v) is 12.4. The second kappa shape index (κ2) is 7.08. The Balaban J connectivity index is 1.95. The molecular formula is C15H23N4O2+. The van der Waals surface area contributed by atoms with Crippen molar-refractivity contribution in [2.24, 2.45) is 11.5 Å². The molecule has 0 radical (unpaired) electrons. The van der Waals surface area contributed by atoms with Gasteiger partial charge in [-0.25, -0.2) is 4.79 Å². The molecule has 114 valence electrons. The average Bonchev–Trinajstić information content (AvgIpc) is 2.73. The fourth-order valence-corrected chi connectivity index (χ4v) is 2.51. The first-order valence-corrected chi connectivity index (χ1v) is 7.12. The number of benzene rings is 1. The lowest BCUT2D eigenvalue weighted by Gasteiger charge is -2.18. The number of carbonyl (C=O) groups is 1. The molecule has 1 aliphatic rings. The third-order valence-corrected chi connectivity index (χ3v) is 3.73. The van der Waals surface area contributed by atoms with Crippen molar-refractivity contribution >= 4 is 11.9 Å². The maximum absolute atomic E-state index is 11.4. The zero-order chi connectivity index (χ0) is 15.2. The van der Waals surface area contributed by atoms with E-state index in [0.29, 0.717) is 11.5 Å². The van der Waals surface area contributed by atoms with E-state index in [1.54, 1.807) is 12.1 Å². The van der Waals surface area contributed by atoms with Crippen LogP contribution in [-0.4, -0.2) is 54.7 Å². The number of esters is 1. The molecule has 6 nitrogen and oxygen atoms in total. The quantitative estimate of drug-likeness (QED) is 0.464. The van der Waals surface area contributed by atoms with Crippen LogP contribution >= 0.6 is 0 Å². The first kappa shape index (κ1) is 15.3. The van der Waals surface area contributed by atoms with E-state index in [2.05, 4.69) is 4.90 Å². The summed E-state index contributed by atoms with van der Waals surface area (Å²) in [7, 11) is 1.39. The predicted molar refractivity (Wildman–Crippen MR) is 81.1 cm³/mol. The molecule has 1 fully saturated rings. The molecule has 1 saturated heterocycles. The van der Waals surface area contributed by atoms with Gasteiger partial charge < -0.3 is 4.74 Å². The highest BCUT2D eigenvalue weighted by Crippen LogP contribution is 2.10. The lowest BCUT2D eigenvalue weighted by Crippen LogP contribution is -2.37. The number of carbonyl (C=O) groups excluding carboxylic acids is 1. The molecule has 0 unspecified atom stereocenters. The second-order valence-electron chi connectivity index (χ2n) is 5.23. The minimum atomic E-state index is -0.305. The standard InChI is InChI=1S/C15H22N4O2/c1-21-14(20)13-5-3-12(4-6-13)11-18-7-2-8-19(10-9-18)15(16)17/h3-6H,2,7-11H2,1H3,(H3,16,17)/p+1. The molecule has 1 aromatic carbocycles. The van der Waals surface area contributed by atoms with E-state index < -0.39 is 0 Å². The first-order chi connectivity index (χ1) is 10.1. The van der Waals surface area contributed by atoms with E-state index in [4.69, 9.17) is 16.2 Å². The van der Waals surface area contributed by atoms with Crippen LogP contribution in [-0.2, 0) is 11.3 Å². The van der Waals surface area contributed by atoms with Gasteiger partial charge in [-0.05, 0) is 24.1 Å². The highest BCUT2D eigenvalue weighted by atomic mass is 16.5. The normalized spacial score (nSPS) is 16.3. The van der Waals surface area contributed by atoms with Gasteiger partial charge in [0.05, 0.1) is 25.8 Å². The number of hydrogen-bond donors (Lipinski definition) is 2. The van der Waals surface area contributed by atoms with Crippen molar-refractivity contribution in [2.75, 3.05) is 33.3 Å². The molecule has 6 heteroatoms. The summed E-state index contributed by atoms with van der Waals surface area (Å²) in [6.45, 7) is 4.56. The van der Waals surface area contributed by atoms with Crippen LogP contribution in [0.1, 0.15) is 22.3 Å². The summed E-state index contributed by atoms with van der Waals surface area (Å²) in [5.74, 6) is 0.0974. The largest absolute Gasteiger partial charge is 0.465 e. The van der Waals surface area contributed by atoms with E-state index >= 15 is 0 Å². The Labute approximate surface area is 125 Å². The number of rotatable bonds is 3. The molecule has 4 N–H and O–H groups in total. The fraction of sp³-hybridized carbons (Fsp3) is 0.467. The van der Waals surface area contributed by atoms with Crippen LogP contribution in [0.5, 0.6) is 0 Å². The summed E-state index contributed by atoms with van der Waals surface area (Å²) in [5, 5.41) is 0. The molecule has 1 aliphatic heterocycles. The maximum atomic E-state index is 11.4. The molecule has 0 aromatic heterocycles. The van der Waals surface area contributed by atoms with Crippen molar-refractivity contribution in [3.63, 3.8) is 0 Å². The minimum absolute atomic E-state index is 0.305. The number of methoxy groups -OCH3 is 1. The molecule has 21 heavy (non-hydrogen) atoms. The van der Waals surface area contributed by atoms with Gasteiger partial charge in [-0.1, -0.05) is 12.1 Å². The maximum Gasteiger partial charge on any atom is 0.341 e. The van der Waals surface area contributed by atoms with E-state index in [1.807, 2.05) is 16.7 Å². The molecule has 0 saturated carbocycles. The van der Waals surface area contributed by atoms with Crippen LogP contribution in [0.25, 0.3) is 0 Å². The molecule has 0 spiro atoms. The number of hydrogen-bond acceptors (Lipinski definition) is 3. The number of nitrogens with two attached hydrogens (primary N) is 2. The van der Waals surface area contributed by atoms with Crippen LogP contribution < -0.4 is 11.5 Å². The first-order valence-electron chi connectivity index (χ1n) is 7.12. The van der Waals surface area contributed by atoms with Crippen LogP contribution in [0.4, 0.5) is 0 Å². The molecule has 0 aliphatic carbocycles. The van der Waals surface area contributed by atoms with Gasteiger partial charge in [0.2, 0.25) is 0 Å². The summed E-state index contributed by atoms with van der Waals surface area (Å²) in [6, 6.07) is 7.55. The molecule has 0 atom stereocenters. The predicted octanol–water partition coefficient (Wildman–Crippen LogP) is -0.0352. The van der Waals surface area contributed by atoms with Gasteiger partial charge >= 0.3 is 11.9 Å². The van der Waals surface area contributed by atoms with Crippen molar-refractivity contribution in [1.82, 2.24) is 4.90 Å². The summed E-state index contributed by atoms with van der Waals surface area (Å²) in [5.41, 5.74) is 13.1. The van der Waals surface area contributed by atoms with E-state index in [-0.39, 0.29) is 5.97 Å². The summed E-state index contributed by atoms with van der Waals surface area (Å²) in [6.07, 6.45) is 1.04. The molecule has 0 bridgehead atoms. The van der Waals surface area contributed by atoms with Crippen LogP contribution in [0.15, 0.2) is 24.3 Å². The Morgan fingerprint density at radius 3 is 2.57 bits per heavy atom. The lowest BCUT2D eigenvalue weighted by molar-refractivity contribution is -0.526. The molecule has 2 rings (SSSR count). The average molecular weight is 291 g/mol. The number of nitrogens with zero attached hydrogens (tertiary/aromatic N) is 2. The summed E-state index contributed by atoms with van der Waals surface area (Å²) < 4.78 is 6.71. The molecule has 0 amide bonds. The topological polar surface area (TPSA) is 84.6 Å². The minimum Gasteiger partial charge on any atom is -0.465 e. The van der Waals surface area contributed by atoms with Crippen molar-refractivity contribution in [3.8, 4) is 0 Å². The van der Waals surface area contributed by atoms with Crippen molar-refractivity contribution in [3.05, 3.63) is 35.4 Å². The van der Waals surface area contributed by atoms with E-state index in [0.717, 1.165) is 39.1 Å².